The molecule has 2 nitrogen and oxygen atoms in total. The van der Waals surface area contributed by atoms with Crippen LogP contribution in [0.2, 0.25) is 31.7 Å². The van der Waals surface area contributed by atoms with Crippen molar-refractivity contribution >= 4 is 17.4 Å². The Hall–Kier alpha value is 0.354. The van der Waals surface area contributed by atoms with Gasteiger partial charge in [0, 0.05) is 12.2 Å². The molecule has 0 amide bonds. The minimum Gasteiger partial charge on any atom is -0.418 e. The van der Waals surface area contributed by atoms with Crippen molar-refractivity contribution in [3.05, 3.63) is 0 Å². The summed E-state index contributed by atoms with van der Waals surface area (Å²) in [6.45, 7) is 15.4. The summed E-state index contributed by atoms with van der Waals surface area (Å²) >= 11 is 0. The lowest BCUT2D eigenvalue weighted by molar-refractivity contribution is 0.229. The Labute approximate surface area is 98.2 Å². The largest absolute Gasteiger partial charge is 0.418 e. The minimum atomic E-state index is -1.43. The Kier molecular flexibility index (Phi) is 6.99. The zero-order valence-corrected chi connectivity index (χ0v) is 13.6. The molecular weight excluding hydrogens is 220 g/mol. The van der Waals surface area contributed by atoms with Gasteiger partial charge in [0.05, 0.1) is 0 Å². The van der Waals surface area contributed by atoms with Gasteiger partial charge in [-0.3, -0.25) is 0 Å². The van der Waals surface area contributed by atoms with Crippen LogP contribution in [0.1, 0.15) is 27.7 Å². The minimum absolute atomic E-state index is 0.370. The topological polar surface area (TPSA) is 18.5 Å². The monoisotopic (exact) mass is 248 g/mol. The lowest BCUT2D eigenvalue weighted by atomic mass is 10.5. The summed E-state index contributed by atoms with van der Waals surface area (Å²) in [4.78, 5) is 0. The summed E-state index contributed by atoms with van der Waals surface area (Å²) in [7, 11) is -2.38. The van der Waals surface area contributed by atoms with Gasteiger partial charge in [-0.25, -0.2) is 0 Å². The molecule has 1 unspecified atom stereocenters. The first-order chi connectivity index (χ1) is 6.73. The van der Waals surface area contributed by atoms with Gasteiger partial charge in [-0.2, -0.15) is 0 Å². The van der Waals surface area contributed by atoms with Crippen LogP contribution < -0.4 is 0 Å². The quantitative estimate of drug-likeness (QED) is 0.643. The Balaban J connectivity index is 3.82. The Bertz CT molecular complexity index is 170. The van der Waals surface area contributed by atoms with E-state index in [1.807, 2.05) is 0 Å². The van der Waals surface area contributed by atoms with Gasteiger partial charge in [-0.15, -0.1) is 0 Å². The first kappa shape index (κ1) is 15.4. The molecule has 0 saturated heterocycles. The number of hydrogen-bond acceptors (Lipinski definition) is 2. The van der Waals surface area contributed by atoms with E-state index < -0.39 is 17.4 Å². The highest BCUT2D eigenvalue weighted by Crippen LogP contribution is 2.18. The summed E-state index contributed by atoms with van der Waals surface area (Å²) in [6.07, 6.45) is 0.761. The SMILES string of the molecule is CC(C)O[SiH](C)CC[Si](C)(C)OC(C)C. The fourth-order valence-corrected chi connectivity index (χ4v) is 8.65. The van der Waals surface area contributed by atoms with Gasteiger partial charge in [0.15, 0.2) is 17.4 Å². The summed E-state index contributed by atoms with van der Waals surface area (Å²) in [5, 5.41) is 0. The molecule has 0 aliphatic rings. The number of hydrogen-bond donors (Lipinski definition) is 0. The van der Waals surface area contributed by atoms with E-state index in [-0.39, 0.29) is 0 Å². The molecule has 0 heterocycles. The fraction of sp³-hybridized carbons (Fsp3) is 1.00. The van der Waals surface area contributed by atoms with Crippen molar-refractivity contribution in [2.75, 3.05) is 0 Å². The molecular formula is C11H28O2Si2. The van der Waals surface area contributed by atoms with Crippen LogP contribution in [-0.2, 0) is 8.85 Å². The van der Waals surface area contributed by atoms with Crippen LogP contribution in [0.25, 0.3) is 0 Å². The molecule has 15 heavy (non-hydrogen) atoms. The van der Waals surface area contributed by atoms with Gasteiger partial charge in [-0.1, -0.05) is 0 Å². The molecule has 4 heteroatoms. The molecule has 0 saturated carbocycles. The van der Waals surface area contributed by atoms with Crippen molar-refractivity contribution < 1.29 is 8.85 Å². The normalized spacial score (nSPS) is 15.0. The maximum absolute atomic E-state index is 6.00. The van der Waals surface area contributed by atoms with E-state index in [9.17, 15) is 0 Å². The maximum atomic E-state index is 6.00. The van der Waals surface area contributed by atoms with Crippen LogP contribution in [0.5, 0.6) is 0 Å². The molecule has 92 valence electrons. The van der Waals surface area contributed by atoms with Gasteiger partial charge in [0.25, 0.3) is 0 Å². The highest BCUT2D eigenvalue weighted by atomic mass is 28.4. The summed E-state index contributed by atoms with van der Waals surface area (Å²) in [5.74, 6) is 0. The molecule has 0 aromatic heterocycles. The van der Waals surface area contributed by atoms with Crippen molar-refractivity contribution in [2.24, 2.45) is 0 Å². The van der Waals surface area contributed by atoms with Gasteiger partial charge in [-0.05, 0) is 59.4 Å². The predicted octanol–water partition coefficient (Wildman–Crippen LogP) is 3.40. The first-order valence-corrected chi connectivity index (χ1v) is 11.6. The number of rotatable bonds is 7. The van der Waals surface area contributed by atoms with Crippen molar-refractivity contribution in [3.63, 3.8) is 0 Å². The van der Waals surface area contributed by atoms with Gasteiger partial charge in [0.1, 0.15) is 0 Å². The highest BCUT2D eigenvalue weighted by Gasteiger charge is 2.25. The summed E-state index contributed by atoms with van der Waals surface area (Å²) < 4.78 is 11.9. The van der Waals surface area contributed by atoms with Gasteiger partial charge in [0.2, 0.25) is 0 Å². The highest BCUT2D eigenvalue weighted by molar-refractivity contribution is 6.72. The molecule has 1 atom stereocenters. The molecule has 0 spiro atoms. The third-order valence-corrected chi connectivity index (χ3v) is 7.50. The lowest BCUT2D eigenvalue weighted by Crippen LogP contribution is -2.34. The van der Waals surface area contributed by atoms with Crippen LogP contribution in [0.3, 0.4) is 0 Å². The van der Waals surface area contributed by atoms with Gasteiger partial charge >= 0.3 is 0 Å². The second kappa shape index (κ2) is 6.83. The van der Waals surface area contributed by atoms with E-state index in [0.717, 1.165) is 0 Å². The summed E-state index contributed by atoms with van der Waals surface area (Å²) in [5.41, 5.74) is 0. The zero-order valence-electron chi connectivity index (χ0n) is 11.5. The molecule has 0 rings (SSSR count). The summed E-state index contributed by atoms with van der Waals surface area (Å²) in [6, 6.07) is 2.50. The third-order valence-electron chi connectivity index (χ3n) is 2.21. The molecule has 0 fully saturated rings. The van der Waals surface area contributed by atoms with Gasteiger partial charge < -0.3 is 8.85 Å². The Morgan fingerprint density at radius 2 is 1.60 bits per heavy atom. The second-order valence-corrected chi connectivity index (χ2v) is 12.2. The van der Waals surface area contributed by atoms with Crippen molar-refractivity contribution in [2.45, 2.75) is 71.6 Å². The average molecular weight is 249 g/mol. The van der Waals surface area contributed by atoms with Crippen molar-refractivity contribution in [1.29, 1.82) is 0 Å². The standard InChI is InChI=1S/C11H28O2Si2/c1-10(2)12-14(5)8-9-15(6,7)13-11(3)4/h10-11,14H,8-9H2,1-7H3. The Morgan fingerprint density at radius 1 is 1.07 bits per heavy atom. The van der Waals surface area contributed by atoms with E-state index in [4.69, 9.17) is 8.85 Å². The molecule has 0 bridgehead atoms. The third kappa shape index (κ3) is 9.29. The van der Waals surface area contributed by atoms with E-state index in [2.05, 4.69) is 47.3 Å². The first-order valence-electron chi connectivity index (χ1n) is 6.06. The van der Waals surface area contributed by atoms with E-state index >= 15 is 0 Å². The van der Waals surface area contributed by atoms with Crippen molar-refractivity contribution in [3.8, 4) is 0 Å². The fourth-order valence-electron chi connectivity index (χ4n) is 1.78. The second-order valence-electron chi connectivity index (χ2n) is 5.46. The van der Waals surface area contributed by atoms with Crippen LogP contribution in [-0.4, -0.2) is 29.6 Å². The van der Waals surface area contributed by atoms with Crippen LogP contribution in [0.4, 0.5) is 0 Å². The lowest BCUT2D eigenvalue weighted by Gasteiger charge is -2.27. The Morgan fingerprint density at radius 3 is 2.00 bits per heavy atom. The van der Waals surface area contributed by atoms with Crippen LogP contribution >= 0.6 is 0 Å². The molecule has 0 N–H and O–H groups in total. The van der Waals surface area contributed by atoms with Crippen LogP contribution in [0, 0.1) is 0 Å². The van der Waals surface area contributed by atoms with E-state index in [0.29, 0.717) is 12.2 Å². The maximum Gasteiger partial charge on any atom is 0.186 e. The smallest absolute Gasteiger partial charge is 0.186 e. The molecule has 0 aromatic carbocycles. The van der Waals surface area contributed by atoms with Crippen LogP contribution in [0.15, 0.2) is 0 Å². The molecule has 0 radical (unpaired) electrons. The van der Waals surface area contributed by atoms with Crippen molar-refractivity contribution in [1.82, 2.24) is 0 Å². The molecule has 0 aliphatic carbocycles. The van der Waals surface area contributed by atoms with E-state index in [1.165, 1.54) is 12.1 Å². The predicted molar refractivity (Wildman–Crippen MR) is 72.6 cm³/mol. The van der Waals surface area contributed by atoms with E-state index in [1.54, 1.807) is 0 Å². The molecule has 0 aliphatic heterocycles. The molecule has 0 aromatic rings. The average Bonchev–Trinajstić information content (AvgIpc) is 1.97. The zero-order chi connectivity index (χ0) is 12.1.